The molecule has 2 fully saturated rings. The van der Waals surface area contributed by atoms with E-state index in [1.807, 2.05) is 0 Å². The highest BCUT2D eigenvalue weighted by Gasteiger charge is 2.41. The van der Waals surface area contributed by atoms with E-state index in [0.29, 0.717) is 10.9 Å². The van der Waals surface area contributed by atoms with Crippen molar-refractivity contribution in [3.05, 3.63) is 0 Å². The minimum Gasteiger partial charge on any atom is -0.311 e. The molecule has 3 heteroatoms. The molecule has 0 aromatic heterocycles. The van der Waals surface area contributed by atoms with Gasteiger partial charge in [-0.1, -0.05) is 6.92 Å². The summed E-state index contributed by atoms with van der Waals surface area (Å²) in [6.07, 6.45) is 3.95. The standard InChI is InChI=1S/C10H20N2S/c1-3-8-7-13-10(2,12-8)9-5-4-6-11-9/h8-9,11-12H,3-7H2,1-2H3. The molecular weight excluding hydrogens is 180 g/mol. The summed E-state index contributed by atoms with van der Waals surface area (Å²) in [5.74, 6) is 1.28. The van der Waals surface area contributed by atoms with Crippen LogP contribution in [-0.2, 0) is 0 Å². The van der Waals surface area contributed by atoms with Gasteiger partial charge in [0.05, 0.1) is 4.87 Å². The lowest BCUT2D eigenvalue weighted by molar-refractivity contribution is 0.371. The van der Waals surface area contributed by atoms with Crippen LogP contribution in [0.1, 0.15) is 33.1 Å². The topological polar surface area (TPSA) is 24.1 Å². The van der Waals surface area contributed by atoms with Crippen LogP contribution in [0.2, 0.25) is 0 Å². The summed E-state index contributed by atoms with van der Waals surface area (Å²) in [5.41, 5.74) is 0. The minimum absolute atomic E-state index is 0.303. The third kappa shape index (κ3) is 1.88. The Bertz CT molecular complexity index is 180. The Morgan fingerprint density at radius 3 is 2.92 bits per heavy atom. The van der Waals surface area contributed by atoms with Crippen molar-refractivity contribution < 1.29 is 0 Å². The molecule has 0 radical (unpaired) electrons. The zero-order valence-corrected chi connectivity index (χ0v) is 9.41. The second-order valence-electron chi connectivity index (χ2n) is 4.32. The molecule has 0 saturated carbocycles. The molecule has 2 aliphatic heterocycles. The van der Waals surface area contributed by atoms with Crippen molar-refractivity contribution in [2.75, 3.05) is 12.3 Å². The fourth-order valence-corrected chi connectivity index (χ4v) is 3.86. The summed E-state index contributed by atoms with van der Waals surface area (Å²) in [5, 5.41) is 7.36. The number of nitrogens with one attached hydrogen (secondary N) is 2. The Balaban J connectivity index is 1.96. The molecule has 2 rings (SSSR count). The lowest BCUT2D eigenvalue weighted by Crippen LogP contribution is -2.52. The average molecular weight is 200 g/mol. The summed E-state index contributed by atoms with van der Waals surface area (Å²) in [6, 6.07) is 1.42. The molecule has 2 saturated heterocycles. The zero-order chi connectivity index (χ0) is 9.31. The van der Waals surface area contributed by atoms with Crippen molar-refractivity contribution in [1.29, 1.82) is 0 Å². The predicted octanol–water partition coefficient (Wildman–Crippen LogP) is 1.57. The van der Waals surface area contributed by atoms with Crippen LogP contribution in [0.3, 0.4) is 0 Å². The van der Waals surface area contributed by atoms with E-state index in [4.69, 9.17) is 0 Å². The summed E-state index contributed by atoms with van der Waals surface area (Å²) < 4.78 is 0. The highest BCUT2D eigenvalue weighted by molar-refractivity contribution is 8.00. The smallest absolute Gasteiger partial charge is 0.0774 e. The fraction of sp³-hybridized carbons (Fsp3) is 1.00. The number of hydrogen-bond acceptors (Lipinski definition) is 3. The summed E-state index contributed by atoms with van der Waals surface area (Å²) in [4.78, 5) is 0.303. The quantitative estimate of drug-likeness (QED) is 0.707. The van der Waals surface area contributed by atoms with Gasteiger partial charge in [0, 0.05) is 17.8 Å². The van der Waals surface area contributed by atoms with Gasteiger partial charge in [0.15, 0.2) is 0 Å². The highest BCUT2D eigenvalue weighted by atomic mass is 32.2. The third-order valence-corrected chi connectivity index (χ3v) is 4.86. The molecule has 3 unspecified atom stereocenters. The fourth-order valence-electron chi connectivity index (χ4n) is 2.34. The predicted molar refractivity (Wildman–Crippen MR) is 59.1 cm³/mol. The molecule has 2 heterocycles. The molecule has 0 amide bonds. The van der Waals surface area contributed by atoms with E-state index in [9.17, 15) is 0 Å². The van der Waals surface area contributed by atoms with Gasteiger partial charge in [0.2, 0.25) is 0 Å². The van der Waals surface area contributed by atoms with E-state index < -0.39 is 0 Å². The van der Waals surface area contributed by atoms with Gasteiger partial charge in [-0.2, -0.15) is 0 Å². The number of rotatable bonds is 2. The largest absolute Gasteiger partial charge is 0.311 e. The first kappa shape index (κ1) is 9.81. The highest BCUT2D eigenvalue weighted by Crippen LogP contribution is 2.36. The molecule has 76 valence electrons. The molecule has 2 aliphatic rings. The molecule has 0 aromatic rings. The molecule has 2 N–H and O–H groups in total. The van der Waals surface area contributed by atoms with Crippen LogP contribution in [0.5, 0.6) is 0 Å². The normalized spacial score (nSPS) is 45.7. The van der Waals surface area contributed by atoms with Crippen LogP contribution in [0.4, 0.5) is 0 Å². The summed E-state index contributed by atoms with van der Waals surface area (Å²) >= 11 is 2.10. The van der Waals surface area contributed by atoms with Gasteiger partial charge >= 0.3 is 0 Å². The second kappa shape index (κ2) is 3.79. The van der Waals surface area contributed by atoms with Gasteiger partial charge in [-0.15, -0.1) is 11.8 Å². The van der Waals surface area contributed by atoms with Crippen LogP contribution < -0.4 is 10.6 Å². The zero-order valence-electron chi connectivity index (χ0n) is 8.60. The SMILES string of the molecule is CCC1CSC(C)(C2CCCN2)N1. The average Bonchev–Trinajstić information content (AvgIpc) is 2.72. The number of hydrogen-bond donors (Lipinski definition) is 2. The lowest BCUT2D eigenvalue weighted by Gasteiger charge is -2.31. The molecule has 0 bridgehead atoms. The first-order valence-corrected chi connectivity index (χ1v) is 6.38. The van der Waals surface area contributed by atoms with Gasteiger partial charge in [0.25, 0.3) is 0 Å². The maximum Gasteiger partial charge on any atom is 0.0774 e. The van der Waals surface area contributed by atoms with E-state index >= 15 is 0 Å². The molecule has 0 aromatic carbocycles. The first-order chi connectivity index (χ1) is 6.24. The molecule has 2 nitrogen and oxygen atoms in total. The van der Waals surface area contributed by atoms with Crippen LogP contribution in [0.25, 0.3) is 0 Å². The first-order valence-electron chi connectivity index (χ1n) is 5.39. The molecule has 0 spiro atoms. The van der Waals surface area contributed by atoms with Crippen LogP contribution in [0, 0.1) is 0 Å². The van der Waals surface area contributed by atoms with Gasteiger partial charge in [0.1, 0.15) is 0 Å². The summed E-state index contributed by atoms with van der Waals surface area (Å²) in [7, 11) is 0. The Hall–Kier alpha value is 0.270. The molecule has 3 atom stereocenters. The van der Waals surface area contributed by atoms with Crippen molar-refractivity contribution >= 4 is 11.8 Å². The Morgan fingerprint density at radius 2 is 2.38 bits per heavy atom. The Morgan fingerprint density at radius 1 is 1.54 bits per heavy atom. The Kier molecular flexibility index (Phi) is 2.86. The Labute approximate surface area is 85.2 Å². The van der Waals surface area contributed by atoms with Crippen LogP contribution in [0.15, 0.2) is 0 Å². The van der Waals surface area contributed by atoms with Crippen molar-refractivity contribution in [3.8, 4) is 0 Å². The molecule has 13 heavy (non-hydrogen) atoms. The second-order valence-corrected chi connectivity index (χ2v) is 5.79. The van der Waals surface area contributed by atoms with Crippen LogP contribution in [-0.4, -0.2) is 29.3 Å². The van der Waals surface area contributed by atoms with Gasteiger partial charge in [-0.25, -0.2) is 0 Å². The lowest BCUT2D eigenvalue weighted by atomic mass is 10.1. The van der Waals surface area contributed by atoms with Gasteiger partial charge in [-0.05, 0) is 32.7 Å². The summed E-state index contributed by atoms with van der Waals surface area (Å²) in [6.45, 7) is 5.83. The monoisotopic (exact) mass is 200 g/mol. The van der Waals surface area contributed by atoms with Crippen LogP contribution >= 0.6 is 11.8 Å². The number of thioether (sulfide) groups is 1. The van der Waals surface area contributed by atoms with Crippen molar-refractivity contribution in [2.45, 2.75) is 50.1 Å². The third-order valence-electron chi connectivity index (χ3n) is 3.29. The van der Waals surface area contributed by atoms with Crippen molar-refractivity contribution in [2.24, 2.45) is 0 Å². The molecular formula is C10H20N2S. The van der Waals surface area contributed by atoms with Gasteiger partial charge < -0.3 is 5.32 Å². The van der Waals surface area contributed by atoms with E-state index in [0.717, 1.165) is 6.04 Å². The van der Waals surface area contributed by atoms with Crippen molar-refractivity contribution in [1.82, 2.24) is 10.6 Å². The van der Waals surface area contributed by atoms with E-state index in [-0.39, 0.29) is 0 Å². The maximum atomic E-state index is 3.76. The van der Waals surface area contributed by atoms with E-state index in [1.54, 1.807) is 0 Å². The van der Waals surface area contributed by atoms with Gasteiger partial charge in [-0.3, -0.25) is 5.32 Å². The maximum absolute atomic E-state index is 3.76. The minimum atomic E-state index is 0.303. The van der Waals surface area contributed by atoms with Crippen molar-refractivity contribution in [3.63, 3.8) is 0 Å². The molecule has 0 aliphatic carbocycles. The van der Waals surface area contributed by atoms with E-state index in [2.05, 4.69) is 36.2 Å². The van der Waals surface area contributed by atoms with E-state index in [1.165, 1.54) is 31.6 Å².